The van der Waals surface area contributed by atoms with Crippen LogP contribution in [0.25, 0.3) is 0 Å². The highest BCUT2D eigenvalue weighted by Crippen LogP contribution is 2.05. The van der Waals surface area contributed by atoms with Crippen molar-refractivity contribution in [1.29, 1.82) is 0 Å². The summed E-state index contributed by atoms with van der Waals surface area (Å²) in [5, 5.41) is 0. The maximum atomic E-state index is 3.84. The molecule has 85 valence electrons. The zero-order valence-electron chi connectivity index (χ0n) is 10.1. The molecule has 0 N–H and O–H groups in total. The van der Waals surface area contributed by atoms with Crippen molar-refractivity contribution >= 4 is 0 Å². The second-order valence-corrected chi connectivity index (χ2v) is 3.71. The van der Waals surface area contributed by atoms with Crippen LogP contribution in [0.3, 0.4) is 0 Å². The van der Waals surface area contributed by atoms with Crippen molar-refractivity contribution in [2.45, 2.75) is 51.9 Å². The fraction of sp³-hybridized carbons (Fsp3) is 0.533. The van der Waals surface area contributed by atoms with Gasteiger partial charge in [0.25, 0.3) is 0 Å². The summed E-state index contributed by atoms with van der Waals surface area (Å²) in [5.74, 6) is 0. The summed E-state index contributed by atoms with van der Waals surface area (Å²) >= 11 is 0. The third-order valence-electron chi connectivity index (χ3n) is 2.21. The van der Waals surface area contributed by atoms with Gasteiger partial charge in [-0.15, -0.1) is 0 Å². The molecule has 0 rings (SSSR count). The highest BCUT2D eigenvalue weighted by molar-refractivity contribution is 5.10. The van der Waals surface area contributed by atoms with Crippen molar-refractivity contribution in [3.8, 4) is 0 Å². The standard InChI is InChI=1S/C15H25/c1-3-5-7-9-11-13-15-14-12-10-8-6-4-2/h6,8,10,12,14-15H,1,3-5,7,9,11,13H2,2H3/b8-6+,12-10+,15-14+. The predicted octanol–water partition coefficient (Wildman–Crippen LogP) is 5.24. The van der Waals surface area contributed by atoms with Crippen LogP contribution in [0.2, 0.25) is 0 Å². The van der Waals surface area contributed by atoms with Crippen LogP contribution in [0, 0.1) is 6.92 Å². The van der Waals surface area contributed by atoms with Gasteiger partial charge in [0.15, 0.2) is 0 Å². The average molecular weight is 205 g/mol. The lowest BCUT2D eigenvalue weighted by atomic mass is 10.1. The van der Waals surface area contributed by atoms with Crippen LogP contribution in [0.4, 0.5) is 0 Å². The summed E-state index contributed by atoms with van der Waals surface area (Å²) in [6.07, 6.45) is 21.5. The molecule has 0 saturated heterocycles. The first-order valence-electron chi connectivity index (χ1n) is 6.19. The van der Waals surface area contributed by atoms with E-state index in [1.165, 1.54) is 32.1 Å². The quantitative estimate of drug-likeness (QED) is 0.357. The van der Waals surface area contributed by atoms with E-state index >= 15 is 0 Å². The maximum Gasteiger partial charge on any atom is -0.0348 e. The van der Waals surface area contributed by atoms with Crippen LogP contribution in [-0.2, 0) is 0 Å². The van der Waals surface area contributed by atoms with E-state index in [1.807, 2.05) is 0 Å². The molecule has 0 aromatic carbocycles. The zero-order valence-corrected chi connectivity index (χ0v) is 10.1. The highest BCUT2D eigenvalue weighted by Gasteiger charge is 1.85. The Balaban J connectivity index is 3.23. The fourth-order valence-electron chi connectivity index (χ4n) is 1.31. The maximum absolute atomic E-state index is 3.84. The molecule has 0 saturated carbocycles. The normalized spacial score (nSPS) is 12.4. The van der Waals surface area contributed by atoms with Crippen LogP contribution in [0.5, 0.6) is 0 Å². The molecule has 0 bridgehead atoms. The molecule has 0 heteroatoms. The van der Waals surface area contributed by atoms with Gasteiger partial charge in [0.1, 0.15) is 0 Å². The van der Waals surface area contributed by atoms with Crippen molar-refractivity contribution in [1.82, 2.24) is 0 Å². The molecular weight excluding hydrogens is 180 g/mol. The number of hydrogen-bond donors (Lipinski definition) is 0. The zero-order chi connectivity index (χ0) is 11.2. The fourth-order valence-corrected chi connectivity index (χ4v) is 1.31. The van der Waals surface area contributed by atoms with Crippen LogP contribution < -0.4 is 0 Å². The summed E-state index contributed by atoms with van der Waals surface area (Å²) in [6, 6.07) is 0. The molecule has 0 unspecified atom stereocenters. The van der Waals surface area contributed by atoms with Crippen molar-refractivity contribution in [2.75, 3.05) is 0 Å². The second kappa shape index (κ2) is 13.2. The van der Waals surface area contributed by atoms with Gasteiger partial charge in [0.2, 0.25) is 0 Å². The summed E-state index contributed by atoms with van der Waals surface area (Å²) in [6.45, 7) is 5.98. The second-order valence-electron chi connectivity index (χ2n) is 3.71. The Morgan fingerprint density at radius 3 is 2.13 bits per heavy atom. The molecule has 0 aromatic heterocycles. The molecule has 1 radical (unpaired) electrons. The van der Waals surface area contributed by atoms with Gasteiger partial charge >= 0.3 is 0 Å². The number of unbranched alkanes of at least 4 members (excludes halogenated alkanes) is 5. The minimum Gasteiger partial charge on any atom is -0.0848 e. The van der Waals surface area contributed by atoms with E-state index in [9.17, 15) is 0 Å². The summed E-state index contributed by atoms with van der Waals surface area (Å²) in [4.78, 5) is 0. The Morgan fingerprint density at radius 1 is 0.800 bits per heavy atom. The Kier molecular flexibility index (Phi) is 12.5. The van der Waals surface area contributed by atoms with E-state index in [-0.39, 0.29) is 0 Å². The number of rotatable bonds is 9. The van der Waals surface area contributed by atoms with Crippen LogP contribution in [0.15, 0.2) is 36.5 Å². The first-order valence-corrected chi connectivity index (χ1v) is 6.19. The van der Waals surface area contributed by atoms with E-state index in [0.29, 0.717) is 0 Å². The topological polar surface area (TPSA) is 0 Å². The van der Waals surface area contributed by atoms with E-state index in [1.54, 1.807) is 0 Å². The molecule has 0 aliphatic heterocycles. The Bertz CT molecular complexity index is 184. The lowest BCUT2D eigenvalue weighted by Gasteiger charge is -1.95. The summed E-state index contributed by atoms with van der Waals surface area (Å²) in [7, 11) is 0. The van der Waals surface area contributed by atoms with Gasteiger partial charge in [-0.3, -0.25) is 0 Å². The van der Waals surface area contributed by atoms with Gasteiger partial charge in [-0.2, -0.15) is 0 Å². The average Bonchev–Trinajstić information content (AvgIpc) is 2.26. The SMILES string of the molecule is [CH2]CCCCCC/C=C/C=C/C=C/CC. The molecule has 0 atom stereocenters. The molecule has 0 amide bonds. The van der Waals surface area contributed by atoms with Crippen molar-refractivity contribution < 1.29 is 0 Å². The van der Waals surface area contributed by atoms with E-state index < -0.39 is 0 Å². The number of hydrogen-bond acceptors (Lipinski definition) is 0. The molecule has 15 heavy (non-hydrogen) atoms. The van der Waals surface area contributed by atoms with Crippen LogP contribution in [-0.4, -0.2) is 0 Å². The monoisotopic (exact) mass is 205 g/mol. The lowest BCUT2D eigenvalue weighted by molar-refractivity contribution is 0.651. The van der Waals surface area contributed by atoms with Crippen molar-refractivity contribution in [3.63, 3.8) is 0 Å². The largest absolute Gasteiger partial charge is 0.0848 e. The smallest absolute Gasteiger partial charge is 0.0348 e. The lowest BCUT2D eigenvalue weighted by Crippen LogP contribution is -1.75. The summed E-state index contributed by atoms with van der Waals surface area (Å²) in [5.41, 5.74) is 0. The molecule has 0 nitrogen and oxygen atoms in total. The van der Waals surface area contributed by atoms with Crippen molar-refractivity contribution in [2.24, 2.45) is 0 Å². The molecule has 0 aliphatic rings. The van der Waals surface area contributed by atoms with Crippen molar-refractivity contribution in [3.05, 3.63) is 43.4 Å². The first kappa shape index (κ1) is 14.2. The molecule has 0 spiro atoms. The van der Waals surface area contributed by atoms with Gasteiger partial charge in [-0.05, 0) is 19.3 Å². The summed E-state index contributed by atoms with van der Waals surface area (Å²) < 4.78 is 0. The Morgan fingerprint density at radius 2 is 1.47 bits per heavy atom. The van der Waals surface area contributed by atoms with Gasteiger partial charge in [-0.1, -0.05) is 76.0 Å². The van der Waals surface area contributed by atoms with E-state index in [0.717, 1.165) is 12.8 Å². The molecule has 0 heterocycles. The Hall–Kier alpha value is -0.780. The predicted molar refractivity (Wildman–Crippen MR) is 70.8 cm³/mol. The first-order chi connectivity index (χ1) is 7.41. The number of allylic oxidation sites excluding steroid dienone is 6. The molecular formula is C15H25. The van der Waals surface area contributed by atoms with Gasteiger partial charge in [0, 0.05) is 0 Å². The molecule has 0 fully saturated rings. The highest BCUT2D eigenvalue weighted by atomic mass is 13.9. The minimum atomic E-state index is 1.09. The minimum absolute atomic E-state index is 1.09. The van der Waals surface area contributed by atoms with Gasteiger partial charge < -0.3 is 0 Å². The van der Waals surface area contributed by atoms with Crippen LogP contribution >= 0.6 is 0 Å². The van der Waals surface area contributed by atoms with Gasteiger partial charge in [0.05, 0.1) is 0 Å². The van der Waals surface area contributed by atoms with E-state index in [2.05, 4.69) is 50.3 Å². The molecule has 0 aliphatic carbocycles. The Labute approximate surface area is 95.8 Å². The van der Waals surface area contributed by atoms with Gasteiger partial charge in [-0.25, -0.2) is 0 Å². The molecule has 0 aromatic rings. The van der Waals surface area contributed by atoms with E-state index in [4.69, 9.17) is 0 Å². The van der Waals surface area contributed by atoms with Crippen LogP contribution in [0.1, 0.15) is 51.9 Å². The third kappa shape index (κ3) is 13.2. The third-order valence-corrected chi connectivity index (χ3v) is 2.21.